The molecule has 7 heteroatoms. The van der Waals surface area contributed by atoms with Crippen molar-refractivity contribution in [3.05, 3.63) is 85.8 Å². The zero-order valence-electron chi connectivity index (χ0n) is 19.6. The smallest absolute Gasteiger partial charge is 0.257 e. The quantitative estimate of drug-likeness (QED) is 0.235. The molecule has 174 valence electrons. The van der Waals surface area contributed by atoms with Gasteiger partial charge in [0.05, 0.1) is 0 Å². The van der Waals surface area contributed by atoms with Gasteiger partial charge in [-0.2, -0.15) is 0 Å². The van der Waals surface area contributed by atoms with E-state index in [0.717, 1.165) is 41.1 Å². The van der Waals surface area contributed by atoms with Crippen LogP contribution < -0.4 is 10.9 Å². The molecule has 0 aliphatic heterocycles. The average Bonchev–Trinajstić information content (AvgIpc) is 2.77. The van der Waals surface area contributed by atoms with E-state index in [1.807, 2.05) is 56.3 Å². The Morgan fingerprint density at radius 3 is 2.61 bits per heavy atom. The van der Waals surface area contributed by atoms with Crippen molar-refractivity contribution in [1.29, 1.82) is 0 Å². The van der Waals surface area contributed by atoms with E-state index < -0.39 is 0 Å². The summed E-state index contributed by atoms with van der Waals surface area (Å²) >= 11 is 7.63. The molecular weight excluding hydrogens is 454 g/mol. The number of unbranched alkanes of at least 4 members (excludes halogenated alkanes) is 1. The molecular formula is C26H30ClN3O2S. The van der Waals surface area contributed by atoms with E-state index in [0.29, 0.717) is 28.6 Å². The van der Waals surface area contributed by atoms with Crippen LogP contribution in [0, 0.1) is 20.8 Å². The molecule has 1 heterocycles. The molecule has 1 amide bonds. The summed E-state index contributed by atoms with van der Waals surface area (Å²) < 4.78 is 1.62. The van der Waals surface area contributed by atoms with E-state index in [1.165, 1.54) is 5.56 Å². The Morgan fingerprint density at radius 2 is 1.88 bits per heavy atom. The van der Waals surface area contributed by atoms with E-state index >= 15 is 0 Å². The zero-order valence-corrected chi connectivity index (χ0v) is 21.1. The van der Waals surface area contributed by atoms with Crippen LogP contribution in [0.3, 0.4) is 0 Å². The standard InChI is InChI=1S/C26H30ClN3O2S/c1-17-11-12-22(14-18(17)2)29-24(31)10-5-6-13-33-26-28-19(3)23(25(32)30(26)4)16-20-8-7-9-21(27)15-20/h7-9,11-12,14-15H,5-6,10,13,16H2,1-4H3,(H,29,31). The SMILES string of the molecule is Cc1ccc(NC(=O)CCCCSc2nc(C)c(Cc3cccc(Cl)c3)c(=O)n2C)cc1C. The van der Waals surface area contributed by atoms with Gasteiger partial charge in [0.25, 0.3) is 5.56 Å². The van der Waals surface area contributed by atoms with Crippen LogP contribution in [-0.2, 0) is 18.3 Å². The molecule has 2 aromatic carbocycles. The molecule has 5 nitrogen and oxygen atoms in total. The van der Waals surface area contributed by atoms with Gasteiger partial charge in [0.1, 0.15) is 0 Å². The van der Waals surface area contributed by atoms with Crippen LogP contribution in [0.1, 0.15) is 47.2 Å². The first-order valence-corrected chi connectivity index (χ1v) is 12.4. The fourth-order valence-electron chi connectivity index (χ4n) is 3.51. The molecule has 3 rings (SSSR count). The Kier molecular flexibility index (Phi) is 8.75. The lowest BCUT2D eigenvalue weighted by Gasteiger charge is -2.12. The molecule has 0 atom stereocenters. The number of hydrogen-bond acceptors (Lipinski definition) is 4. The Morgan fingerprint density at radius 1 is 1.09 bits per heavy atom. The van der Waals surface area contributed by atoms with Crippen LogP contribution in [-0.4, -0.2) is 21.2 Å². The first-order chi connectivity index (χ1) is 15.7. The number of hydrogen-bond donors (Lipinski definition) is 1. The number of carbonyl (C=O) groups excluding carboxylic acids is 1. The minimum absolute atomic E-state index is 0.0231. The number of halogens is 1. The van der Waals surface area contributed by atoms with Gasteiger partial charge in [-0.15, -0.1) is 0 Å². The number of rotatable bonds is 9. The molecule has 0 spiro atoms. The summed E-state index contributed by atoms with van der Waals surface area (Å²) in [7, 11) is 1.76. The minimum atomic E-state index is -0.0299. The van der Waals surface area contributed by atoms with Crippen molar-refractivity contribution < 1.29 is 4.79 Å². The molecule has 3 aromatic rings. The summed E-state index contributed by atoms with van der Waals surface area (Å²) in [6.45, 7) is 5.97. The molecule has 1 N–H and O–H groups in total. The Hall–Kier alpha value is -2.57. The van der Waals surface area contributed by atoms with Crippen LogP contribution in [0.4, 0.5) is 5.69 Å². The van der Waals surface area contributed by atoms with Crippen molar-refractivity contribution in [2.24, 2.45) is 7.05 Å². The number of nitrogens with zero attached hydrogens (tertiary/aromatic N) is 2. The molecule has 0 saturated carbocycles. The summed E-state index contributed by atoms with van der Waals surface area (Å²) in [5, 5.41) is 4.32. The predicted octanol–water partition coefficient (Wildman–Crippen LogP) is 5.85. The van der Waals surface area contributed by atoms with Gasteiger partial charge >= 0.3 is 0 Å². The average molecular weight is 484 g/mol. The highest BCUT2D eigenvalue weighted by Crippen LogP contribution is 2.20. The number of nitrogens with one attached hydrogen (secondary N) is 1. The second-order valence-electron chi connectivity index (χ2n) is 8.28. The summed E-state index contributed by atoms with van der Waals surface area (Å²) in [4.78, 5) is 29.8. The molecule has 0 aliphatic carbocycles. The fourth-order valence-corrected chi connectivity index (χ4v) is 4.73. The van der Waals surface area contributed by atoms with Crippen LogP contribution in [0.15, 0.2) is 52.4 Å². The van der Waals surface area contributed by atoms with E-state index in [1.54, 1.807) is 23.4 Å². The van der Waals surface area contributed by atoms with Gasteiger partial charge in [-0.25, -0.2) is 4.98 Å². The maximum Gasteiger partial charge on any atom is 0.257 e. The van der Waals surface area contributed by atoms with Gasteiger partial charge in [-0.3, -0.25) is 14.2 Å². The van der Waals surface area contributed by atoms with Crippen molar-refractivity contribution in [1.82, 2.24) is 9.55 Å². The molecule has 0 saturated heterocycles. The number of aryl methyl sites for hydroxylation is 3. The maximum absolute atomic E-state index is 12.9. The van der Waals surface area contributed by atoms with Crippen molar-refractivity contribution in [3.63, 3.8) is 0 Å². The molecule has 0 fully saturated rings. The third-order valence-corrected chi connectivity index (χ3v) is 6.99. The number of aromatic nitrogens is 2. The highest BCUT2D eigenvalue weighted by molar-refractivity contribution is 7.99. The zero-order chi connectivity index (χ0) is 24.0. The lowest BCUT2D eigenvalue weighted by atomic mass is 10.1. The van der Waals surface area contributed by atoms with Crippen molar-refractivity contribution >= 4 is 35.0 Å². The first kappa shape index (κ1) is 25.1. The molecule has 1 aromatic heterocycles. The third-order valence-electron chi connectivity index (χ3n) is 5.64. The van der Waals surface area contributed by atoms with Gasteiger partial charge < -0.3 is 5.32 Å². The lowest BCUT2D eigenvalue weighted by Crippen LogP contribution is -2.25. The normalized spacial score (nSPS) is 10.9. The summed E-state index contributed by atoms with van der Waals surface area (Å²) in [5.41, 5.74) is 5.60. The second-order valence-corrected chi connectivity index (χ2v) is 9.78. The minimum Gasteiger partial charge on any atom is -0.326 e. The summed E-state index contributed by atoms with van der Waals surface area (Å²) in [6, 6.07) is 13.5. The van der Waals surface area contributed by atoms with Crippen molar-refractivity contribution in [3.8, 4) is 0 Å². The van der Waals surface area contributed by atoms with Crippen molar-refractivity contribution in [2.45, 2.75) is 51.6 Å². The third kappa shape index (κ3) is 6.95. The molecule has 0 radical (unpaired) electrons. The highest BCUT2D eigenvalue weighted by atomic mass is 35.5. The largest absolute Gasteiger partial charge is 0.326 e. The van der Waals surface area contributed by atoms with Crippen LogP contribution in [0.25, 0.3) is 0 Å². The van der Waals surface area contributed by atoms with E-state index in [2.05, 4.69) is 17.2 Å². The number of carbonyl (C=O) groups is 1. The fraction of sp³-hybridized carbons (Fsp3) is 0.346. The number of thioether (sulfide) groups is 1. The monoisotopic (exact) mass is 483 g/mol. The highest BCUT2D eigenvalue weighted by Gasteiger charge is 2.13. The second kappa shape index (κ2) is 11.5. The van der Waals surface area contributed by atoms with Gasteiger partial charge in [0, 0.05) is 47.6 Å². The Bertz CT molecular complexity index is 1210. The van der Waals surface area contributed by atoms with Gasteiger partial charge in [-0.1, -0.05) is 41.6 Å². The lowest BCUT2D eigenvalue weighted by molar-refractivity contribution is -0.116. The molecule has 0 aliphatic rings. The first-order valence-electron chi connectivity index (χ1n) is 11.1. The Balaban J connectivity index is 1.50. The van der Waals surface area contributed by atoms with E-state index in [4.69, 9.17) is 11.6 Å². The summed E-state index contributed by atoms with van der Waals surface area (Å²) in [6.07, 6.45) is 2.62. The van der Waals surface area contributed by atoms with Crippen molar-refractivity contribution in [2.75, 3.05) is 11.1 Å². The summed E-state index contributed by atoms with van der Waals surface area (Å²) in [5.74, 6) is 0.819. The topological polar surface area (TPSA) is 64.0 Å². The molecule has 0 unspecified atom stereocenters. The molecule has 0 bridgehead atoms. The number of anilines is 1. The van der Waals surface area contributed by atoms with E-state index in [-0.39, 0.29) is 11.5 Å². The number of benzene rings is 2. The van der Waals surface area contributed by atoms with Gasteiger partial charge in [-0.05, 0) is 74.6 Å². The predicted molar refractivity (Wildman–Crippen MR) is 138 cm³/mol. The number of amides is 1. The van der Waals surface area contributed by atoms with Crippen LogP contribution >= 0.6 is 23.4 Å². The molecule has 33 heavy (non-hydrogen) atoms. The Labute approximate surface area is 204 Å². The van der Waals surface area contributed by atoms with Crippen LogP contribution in [0.2, 0.25) is 5.02 Å². The van der Waals surface area contributed by atoms with Crippen LogP contribution in [0.5, 0.6) is 0 Å². The van der Waals surface area contributed by atoms with Gasteiger partial charge in [0.2, 0.25) is 5.91 Å². The van der Waals surface area contributed by atoms with E-state index in [9.17, 15) is 9.59 Å². The van der Waals surface area contributed by atoms with Gasteiger partial charge in [0.15, 0.2) is 5.16 Å². The maximum atomic E-state index is 12.9.